The van der Waals surface area contributed by atoms with Gasteiger partial charge in [0.15, 0.2) is 4.80 Å². The zero-order chi connectivity index (χ0) is 18.5. The summed E-state index contributed by atoms with van der Waals surface area (Å²) < 4.78 is 7.00. The smallest absolute Gasteiger partial charge is 0.270 e. The van der Waals surface area contributed by atoms with Crippen LogP contribution >= 0.6 is 11.3 Å². The van der Waals surface area contributed by atoms with E-state index < -0.39 is 4.92 Å². The highest BCUT2D eigenvalue weighted by Gasteiger charge is 2.12. The lowest BCUT2D eigenvalue weighted by molar-refractivity contribution is -0.384. The van der Waals surface area contributed by atoms with Crippen molar-refractivity contribution in [2.24, 2.45) is 4.99 Å². The van der Waals surface area contributed by atoms with E-state index in [-0.39, 0.29) is 12.3 Å². The lowest BCUT2D eigenvalue weighted by atomic mass is 10.1. The van der Waals surface area contributed by atoms with Crippen LogP contribution in [0.25, 0.3) is 11.3 Å². The number of non-ortho nitro benzene ring substituents is 1. The van der Waals surface area contributed by atoms with Gasteiger partial charge in [0.25, 0.3) is 5.69 Å². The molecule has 0 spiro atoms. The van der Waals surface area contributed by atoms with Crippen LogP contribution < -0.4 is 9.54 Å². The number of benzene rings is 2. The second-order valence-corrected chi connectivity index (χ2v) is 6.23. The molecule has 1 aromatic heterocycles. The van der Waals surface area contributed by atoms with E-state index in [1.165, 1.54) is 23.5 Å². The van der Waals surface area contributed by atoms with Crippen molar-refractivity contribution in [2.45, 2.75) is 6.54 Å². The largest absolute Gasteiger partial charge is 0.497 e. The first-order valence-electron chi connectivity index (χ1n) is 7.85. The van der Waals surface area contributed by atoms with Crippen molar-refractivity contribution in [1.82, 2.24) is 4.57 Å². The molecule has 0 fully saturated rings. The molecule has 0 saturated heterocycles. The summed E-state index contributed by atoms with van der Waals surface area (Å²) in [4.78, 5) is 15.9. The molecule has 26 heavy (non-hydrogen) atoms. The SMILES string of the molecule is COc1ccc(N=c2scc(-c3cccc([N+](=O)[O-])c3)n2CCO)cc1. The van der Waals surface area contributed by atoms with Gasteiger partial charge >= 0.3 is 0 Å². The van der Waals surface area contributed by atoms with E-state index in [1.54, 1.807) is 19.2 Å². The molecule has 3 aromatic rings. The number of aromatic nitrogens is 1. The zero-order valence-corrected chi connectivity index (χ0v) is 14.8. The third-order valence-electron chi connectivity index (χ3n) is 3.77. The first-order chi connectivity index (χ1) is 12.6. The van der Waals surface area contributed by atoms with E-state index in [2.05, 4.69) is 4.99 Å². The van der Waals surface area contributed by atoms with Crippen LogP contribution in [-0.2, 0) is 6.54 Å². The van der Waals surface area contributed by atoms with Crippen LogP contribution in [0.1, 0.15) is 0 Å². The minimum Gasteiger partial charge on any atom is -0.497 e. The van der Waals surface area contributed by atoms with Gasteiger partial charge in [-0.3, -0.25) is 10.1 Å². The number of thiazole rings is 1. The van der Waals surface area contributed by atoms with Crippen LogP contribution in [0, 0.1) is 10.1 Å². The topological polar surface area (TPSA) is 89.9 Å². The van der Waals surface area contributed by atoms with Gasteiger partial charge in [0.2, 0.25) is 0 Å². The molecule has 0 aliphatic heterocycles. The summed E-state index contributed by atoms with van der Waals surface area (Å²) in [6, 6.07) is 13.8. The Balaban J connectivity index is 2.07. The summed E-state index contributed by atoms with van der Waals surface area (Å²) >= 11 is 1.41. The van der Waals surface area contributed by atoms with Gasteiger partial charge in [0.05, 0.1) is 30.0 Å². The van der Waals surface area contributed by atoms with Crippen molar-refractivity contribution in [3.05, 3.63) is 68.8 Å². The number of aliphatic hydroxyl groups excluding tert-OH is 1. The number of hydrogen-bond donors (Lipinski definition) is 1. The Morgan fingerprint density at radius 3 is 2.69 bits per heavy atom. The number of nitro benzene ring substituents is 1. The highest BCUT2D eigenvalue weighted by atomic mass is 32.1. The Labute approximate surface area is 153 Å². The molecule has 1 heterocycles. The van der Waals surface area contributed by atoms with E-state index in [0.29, 0.717) is 16.9 Å². The van der Waals surface area contributed by atoms with Gasteiger partial charge in [0.1, 0.15) is 5.75 Å². The molecule has 7 nitrogen and oxygen atoms in total. The number of ether oxygens (including phenoxy) is 1. The fraction of sp³-hybridized carbons (Fsp3) is 0.167. The second-order valence-electron chi connectivity index (χ2n) is 5.40. The first-order valence-corrected chi connectivity index (χ1v) is 8.73. The molecule has 0 atom stereocenters. The summed E-state index contributed by atoms with van der Waals surface area (Å²) in [7, 11) is 1.60. The van der Waals surface area contributed by atoms with Gasteiger partial charge in [-0.1, -0.05) is 12.1 Å². The molecular formula is C18H17N3O4S. The molecule has 134 valence electrons. The third kappa shape index (κ3) is 3.81. The average molecular weight is 371 g/mol. The van der Waals surface area contributed by atoms with E-state index in [1.807, 2.05) is 34.2 Å². The van der Waals surface area contributed by atoms with Crippen LogP contribution in [-0.4, -0.2) is 28.3 Å². The van der Waals surface area contributed by atoms with Gasteiger partial charge in [-0.25, -0.2) is 4.99 Å². The van der Waals surface area contributed by atoms with Crippen molar-refractivity contribution >= 4 is 22.7 Å². The fourth-order valence-corrected chi connectivity index (χ4v) is 3.47. The van der Waals surface area contributed by atoms with Gasteiger partial charge in [-0.15, -0.1) is 11.3 Å². The molecule has 0 aliphatic carbocycles. The van der Waals surface area contributed by atoms with Crippen molar-refractivity contribution in [1.29, 1.82) is 0 Å². The van der Waals surface area contributed by atoms with Gasteiger partial charge in [-0.2, -0.15) is 0 Å². The fourth-order valence-electron chi connectivity index (χ4n) is 2.51. The monoisotopic (exact) mass is 371 g/mol. The van der Waals surface area contributed by atoms with Crippen LogP contribution in [0.3, 0.4) is 0 Å². The molecule has 0 bridgehead atoms. The Morgan fingerprint density at radius 2 is 2.04 bits per heavy atom. The highest BCUT2D eigenvalue weighted by Crippen LogP contribution is 2.25. The summed E-state index contributed by atoms with van der Waals surface area (Å²) in [5.74, 6) is 0.746. The number of rotatable bonds is 6. The normalized spacial score (nSPS) is 11.5. The number of aliphatic hydroxyl groups is 1. The third-order valence-corrected chi connectivity index (χ3v) is 4.63. The lowest BCUT2D eigenvalue weighted by Gasteiger charge is -2.07. The van der Waals surface area contributed by atoms with E-state index in [4.69, 9.17) is 4.74 Å². The molecule has 3 rings (SSSR count). The number of nitrogens with zero attached hydrogens (tertiary/aromatic N) is 3. The van der Waals surface area contributed by atoms with Crippen molar-refractivity contribution in [3.63, 3.8) is 0 Å². The van der Waals surface area contributed by atoms with Crippen LogP contribution in [0.4, 0.5) is 11.4 Å². The highest BCUT2D eigenvalue weighted by molar-refractivity contribution is 7.07. The van der Waals surface area contributed by atoms with Crippen molar-refractivity contribution in [2.75, 3.05) is 13.7 Å². The number of methoxy groups -OCH3 is 1. The average Bonchev–Trinajstić information content (AvgIpc) is 3.05. The predicted molar refractivity (Wildman–Crippen MR) is 99.7 cm³/mol. The van der Waals surface area contributed by atoms with Crippen LogP contribution in [0.5, 0.6) is 5.75 Å². The molecular weight excluding hydrogens is 354 g/mol. The van der Waals surface area contributed by atoms with Gasteiger partial charge < -0.3 is 14.4 Å². The minimum atomic E-state index is -0.422. The summed E-state index contributed by atoms with van der Waals surface area (Å²) in [5, 5.41) is 22.3. The van der Waals surface area contributed by atoms with E-state index in [9.17, 15) is 15.2 Å². The minimum absolute atomic E-state index is 0.0258. The molecule has 0 saturated carbocycles. The van der Waals surface area contributed by atoms with Crippen LogP contribution in [0.15, 0.2) is 58.9 Å². The van der Waals surface area contributed by atoms with E-state index >= 15 is 0 Å². The molecule has 0 unspecified atom stereocenters. The Hall–Kier alpha value is -2.97. The summed E-state index contributed by atoms with van der Waals surface area (Å²) in [6.07, 6.45) is 0. The van der Waals surface area contributed by atoms with E-state index in [0.717, 1.165) is 17.1 Å². The summed E-state index contributed by atoms with van der Waals surface area (Å²) in [5.41, 5.74) is 2.27. The molecule has 2 aromatic carbocycles. The summed E-state index contributed by atoms with van der Waals surface area (Å²) in [6.45, 7) is 0.283. The van der Waals surface area contributed by atoms with Gasteiger partial charge in [-0.05, 0) is 24.3 Å². The lowest BCUT2D eigenvalue weighted by Crippen LogP contribution is -2.17. The first kappa shape index (κ1) is 17.8. The molecule has 1 N–H and O–H groups in total. The maximum absolute atomic E-state index is 11.0. The zero-order valence-electron chi connectivity index (χ0n) is 14.0. The van der Waals surface area contributed by atoms with Crippen molar-refractivity contribution in [3.8, 4) is 17.0 Å². The predicted octanol–water partition coefficient (Wildman–Crippen LogP) is 3.36. The second kappa shape index (κ2) is 7.94. The molecule has 8 heteroatoms. The number of hydrogen-bond acceptors (Lipinski definition) is 6. The van der Waals surface area contributed by atoms with Gasteiger partial charge in [0, 0.05) is 29.6 Å². The van der Waals surface area contributed by atoms with Crippen molar-refractivity contribution < 1.29 is 14.8 Å². The number of nitro groups is 1. The maximum Gasteiger partial charge on any atom is 0.270 e. The molecule has 0 radical (unpaired) electrons. The molecule has 0 amide bonds. The molecule has 0 aliphatic rings. The standard InChI is InChI=1S/C18H17N3O4S/c1-25-16-7-5-14(6-8-16)19-18-20(9-10-22)17(12-26-18)13-3-2-4-15(11-13)21(23)24/h2-8,11-12,22H,9-10H2,1H3. The Bertz CT molecular complexity index is 977. The Morgan fingerprint density at radius 1 is 1.27 bits per heavy atom. The Kier molecular flexibility index (Phi) is 5.45. The quantitative estimate of drug-likeness (QED) is 0.531. The van der Waals surface area contributed by atoms with Crippen LogP contribution in [0.2, 0.25) is 0 Å². The maximum atomic E-state index is 11.0.